The van der Waals surface area contributed by atoms with Gasteiger partial charge in [0, 0.05) is 18.6 Å². The average Bonchev–Trinajstić information content (AvgIpc) is 2.75. The molecule has 120 valence electrons. The second kappa shape index (κ2) is 6.39. The number of hydrogen-bond donors (Lipinski definition) is 1. The van der Waals surface area contributed by atoms with Crippen molar-refractivity contribution >= 4 is 41.9 Å². The molecule has 0 aromatic heterocycles. The molecule has 1 aromatic rings. The van der Waals surface area contributed by atoms with Crippen LogP contribution in [0.3, 0.4) is 0 Å². The maximum absolute atomic E-state index is 14.1. The van der Waals surface area contributed by atoms with Crippen LogP contribution < -0.4 is 4.72 Å². The molecule has 10 heteroatoms. The molecule has 1 saturated heterocycles. The van der Waals surface area contributed by atoms with Gasteiger partial charge in [0.05, 0.1) is 8.95 Å². The molecule has 0 amide bonds. The zero-order chi connectivity index (χ0) is 16.7. The topological polar surface area (TPSA) is 73.2 Å². The number of rotatable bonds is 3. The van der Waals surface area contributed by atoms with Gasteiger partial charge in [-0.2, -0.15) is 5.26 Å². The van der Waals surface area contributed by atoms with E-state index in [0.29, 0.717) is 6.42 Å². The van der Waals surface area contributed by atoms with Crippen LogP contribution in [0.5, 0.6) is 0 Å². The normalized spacial score (nSPS) is 21.9. The SMILES string of the molecule is CC1CC(NS(=O)(=O)c2c(F)c(Br)cc(F)c2Br)CN1C#N. The molecule has 2 unspecified atom stereocenters. The Balaban J connectivity index is 2.35. The van der Waals surface area contributed by atoms with Gasteiger partial charge in [0.2, 0.25) is 10.0 Å². The van der Waals surface area contributed by atoms with E-state index in [4.69, 9.17) is 5.26 Å². The summed E-state index contributed by atoms with van der Waals surface area (Å²) in [6, 6.07) is 0.172. The van der Waals surface area contributed by atoms with Gasteiger partial charge in [0.15, 0.2) is 12.0 Å². The first-order valence-electron chi connectivity index (χ1n) is 6.19. The van der Waals surface area contributed by atoms with E-state index < -0.39 is 37.1 Å². The number of halogens is 4. The van der Waals surface area contributed by atoms with Crippen molar-refractivity contribution in [3.8, 4) is 6.19 Å². The Morgan fingerprint density at radius 2 is 2.09 bits per heavy atom. The van der Waals surface area contributed by atoms with Crippen LogP contribution in [0.25, 0.3) is 0 Å². The van der Waals surface area contributed by atoms with Gasteiger partial charge in [0.1, 0.15) is 10.7 Å². The van der Waals surface area contributed by atoms with Gasteiger partial charge in [-0.25, -0.2) is 21.9 Å². The first-order valence-corrected chi connectivity index (χ1v) is 9.26. The number of nitrogens with zero attached hydrogens (tertiary/aromatic N) is 2. The van der Waals surface area contributed by atoms with Gasteiger partial charge < -0.3 is 4.90 Å². The van der Waals surface area contributed by atoms with Gasteiger partial charge in [0.25, 0.3) is 0 Å². The van der Waals surface area contributed by atoms with Gasteiger partial charge in [-0.05, 0) is 51.3 Å². The van der Waals surface area contributed by atoms with Crippen molar-refractivity contribution in [1.82, 2.24) is 9.62 Å². The fourth-order valence-electron chi connectivity index (χ4n) is 2.32. The lowest BCUT2D eigenvalue weighted by molar-refractivity contribution is 0.386. The minimum Gasteiger partial charge on any atom is -0.306 e. The lowest BCUT2D eigenvalue weighted by Gasteiger charge is -2.15. The zero-order valence-electron chi connectivity index (χ0n) is 11.3. The molecule has 0 saturated carbocycles. The summed E-state index contributed by atoms with van der Waals surface area (Å²) < 4.78 is 54.1. The lowest BCUT2D eigenvalue weighted by atomic mass is 10.2. The number of hydrogen-bond acceptors (Lipinski definition) is 4. The van der Waals surface area contributed by atoms with Crippen molar-refractivity contribution in [1.29, 1.82) is 5.26 Å². The standard InChI is InChI=1S/C12H11Br2F2N3O2S/c1-6-2-7(4-19(6)5-17)18-22(20,21)12-10(14)9(15)3-8(13)11(12)16/h3,6-7,18H,2,4H2,1H3. The van der Waals surface area contributed by atoms with Gasteiger partial charge >= 0.3 is 0 Å². The van der Waals surface area contributed by atoms with Crippen molar-refractivity contribution in [2.24, 2.45) is 0 Å². The van der Waals surface area contributed by atoms with Crippen molar-refractivity contribution in [3.63, 3.8) is 0 Å². The third-order valence-corrected chi connectivity index (χ3v) is 6.54. The highest BCUT2D eigenvalue weighted by Gasteiger charge is 2.34. The molecule has 1 fully saturated rings. The number of sulfonamides is 1. The number of nitriles is 1. The second-order valence-corrected chi connectivity index (χ2v) is 8.25. The highest BCUT2D eigenvalue weighted by Crippen LogP contribution is 2.33. The molecule has 0 bridgehead atoms. The molecule has 5 nitrogen and oxygen atoms in total. The average molecular weight is 459 g/mol. The molecule has 1 N–H and O–H groups in total. The number of nitrogens with one attached hydrogen (secondary N) is 1. The van der Waals surface area contributed by atoms with Crippen molar-refractivity contribution in [2.75, 3.05) is 6.54 Å². The first-order chi connectivity index (χ1) is 10.2. The predicted octanol–water partition coefficient (Wildman–Crippen LogP) is 2.71. The van der Waals surface area contributed by atoms with Crippen molar-refractivity contribution < 1.29 is 17.2 Å². The quantitative estimate of drug-likeness (QED) is 0.558. The van der Waals surface area contributed by atoms with E-state index in [1.54, 1.807) is 6.92 Å². The Bertz CT molecular complexity index is 725. The Morgan fingerprint density at radius 1 is 1.45 bits per heavy atom. The minimum absolute atomic E-state index is 0.120. The first kappa shape index (κ1) is 17.6. The lowest BCUT2D eigenvalue weighted by Crippen LogP contribution is -2.37. The van der Waals surface area contributed by atoms with Crippen LogP contribution in [0.15, 0.2) is 19.9 Å². The van der Waals surface area contributed by atoms with E-state index in [-0.39, 0.29) is 17.1 Å². The molecule has 1 aromatic carbocycles. The molecular weight excluding hydrogens is 448 g/mol. The van der Waals surface area contributed by atoms with Crippen molar-refractivity contribution in [2.45, 2.75) is 30.3 Å². The number of likely N-dealkylation sites (tertiary alicyclic amines) is 1. The summed E-state index contributed by atoms with van der Waals surface area (Å²) in [4.78, 5) is 0.641. The molecule has 2 rings (SSSR count). The fourth-order valence-corrected chi connectivity index (χ4v) is 5.19. The monoisotopic (exact) mass is 457 g/mol. The summed E-state index contributed by atoms with van der Waals surface area (Å²) >= 11 is 5.56. The van der Waals surface area contributed by atoms with Crippen LogP contribution in [0.2, 0.25) is 0 Å². The van der Waals surface area contributed by atoms with Gasteiger partial charge in [-0.1, -0.05) is 0 Å². The number of benzene rings is 1. The van der Waals surface area contributed by atoms with Crippen LogP contribution in [0, 0.1) is 23.1 Å². The largest absolute Gasteiger partial charge is 0.306 e. The van der Waals surface area contributed by atoms with E-state index >= 15 is 0 Å². The smallest absolute Gasteiger partial charge is 0.245 e. The van der Waals surface area contributed by atoms with Crippen LogP contribution in [0.1, 0.15) is 13.3 Å². The molecule has 1 heterocycles. The highest BCUT2D eigenvalue weighted by atomic mass is 79.9. The van der Waals surface area contributed by atoms with E-state index in [9.17, 15) is 17.2 Å². The highest BCUT2D eigenvalue weighted by molar-refractivity contribution is 9.11. The van der Waals surface area contributed by atoms with Crippen LogP contribution in [-0.4, -0.2) is 31.9 Å². The third kappa shape index (κ3) is 3.27. The molecule has 1 aliphatic heterocycles. The molecule has 0 spiro atoms. The maximum atomic E-state index is 14.1. The van der Waals surface area contributed by atoms with Crippen LogP contribution in [0.4, 0.5) is 8.78 Å². The molecule has 1 aliphatic rings. The van der Waals surface area contributed by atoms with E-state index in [0.717, 1.165) is 6.07 Å². The van der Waals surface area contributed by atoms with Gasteiger partial charge in [-0.3, -0.25) is 0 Å². The Labute approximate surface area is 143 Å². The summed E-state index contributed by atoms with van der Waals surface area (Å²) in [6.45, 7) is 1.97. The van der Waals surface area contributed by atoms with Crippen LogP contribution in [-0.2, 0) is 10.0 Å². The van der Waals surface area contributed by atoms with Gasteiger partial charge in [-0.15, -0.1) is 0 Å². The summed E-state index contributed by atoms with van der Waals surface area (Å²) in [5.74, 6) is -1.98. The van der Waals surface area contributed by atoms with Crippen LogP contribution >= 0.6 is 31.9 Å². The van der Waals surface area contributed by atoms with E-state index in [2.05, 4.69) is 36.6 Å². The molecule has 0 radical (unpaired) electrons. The summed E-state index contributed by atoms with van der Waals surface area (Å²) in [5, 5.41) is 8.91. The second-order valence-electron chi connectivity index (χ2n) is 4.95. The summed E-state index contributed by atoms with van der Waals surface area (Å²) in [6.07, 6.45) is 2.36. The Morgan fingerprint density at radius 3 is 2.64 bits per heavy atom. The molecule has 0 aliphatic carbocycles. The minimum atomic E-state index is -4.28. The molecule has 2 atom stereocenters. The maximum Gasteiger partial charge on any atom is 0.245 e. The summed E-state index contributed by atoms with van der Waals surface area (Å²) in [7, 11) is -4.28. The van der Waals surface area contributed by atoms with E-state index in [1.165, 1.54) is 4.90 Å². The summed E-state index contributed by atoms with van der Waals surface area (Å²) in [5.41, 5.74) is 0. The molecule has 22 heavy (non-hydrogen) atoms. The zero-order valence-corrected chi connectivity index (χ0v) is 15.3. The Hall–Kier alpha value is -0.760. The third-order valence-electron chi connectivity index (χ3n) is 3.37. The predicted molar refractivity (Wildman–Crippen MR) is 82.3 cm³/mol. The fraction of sp³-hybridized carbons (Fsp3) is 0.417. The van der Waals surface area contributed by atoms with Crippen molar-refractivity contribution in [3.05, 3.63) is 26.6 Å². The van der Waals surface area contributed by atoms with E-state index in [1.807, 2.05) is 6.19 Å². The Kier molecular flexibility index (Phi) is 5.11. The molecular formula is C12H11Br2F2N3O2S.